The van der Waals surface area contributed by atoms with Crippen LogP contribution < -0.4 is 8.91 Å². The topological polar surface area (TPSA) is 72.5 Å². The maximum absolute atomic E-state index is 11.2. The first-order valence-electron chi connectivity index (χ1n) is 3.97. The third kappa shape index (κ3) is 5.32. The molecule has 0 saturated carbocycles. The summed E-state index contributed by atoms with van der Waals surface area (Å²) in [6.07, 6.45) is 0.839. The third-order valence-electron chi connectivity index (χ3n) is 1.36. The molecule has 1 amide bonds. The molecular weight excluding hydrogens is 241 g/mol. The zero-order valence-electron chi connectivity index (χ0n) is 7.71. The molecule has 1 aromatic carbocycles. The fourth-order valence-electron chi connectivity index (χ4n) is 0.788. The van der Waals surface area contributed by atoms with Gasteiger partial charge in [-0.3, -0.25) is 4.79 Å². The number of amides is 1. The molecule has 5 nitrogen and oxygen atoms in total. The first kappa shape index (κ1) is 15.2. The van der Waals surface area contributed by atoms with Gasteiger partial charge in [-0.25, -0.2) is 4.72 Å². The molecule has 1 aromatic rings. The van der Waals surface area contributed by atoms with Crippen molar-refractivity contribution >= 4 is 45.8 Å². The van der Waals surface area contributed by atoms with E-state index in [9.17, 15) is 13.2 Å². The van der Waals surface area contributed by atoms with Crippen molar-refractivity contribution in [3.8, 4) is 5.75 Å². The van der Waals surface area contributed by atoms with E-state index in [1.165, 1.54) is 12.1 Å². The number of para-hydroxylation sites is 1. The monoisotopic (exact) mass is 251 g/mol. The number of carbonyl (C=O) groups is 1. The normalized spacial score (nSPS) is 9.75. The van der Waals surface area contributed by atoms with Gasteiger partial charge in [-0.05, 0) is 18.2 Å². The zero-order chi connectivity index (χ0) is 11.3. The van der Waals surface area contributed by atoms with Gasteiger partial charge in [0.2, 0.25) is 0 Å². The van der Waals surface area contributed by atoms with Gasteiger partial charge >= 0.3 is 39.9 Å². The van der Waals surface area contributed by atoms with Crippen LogP contribution in [-0.4, -0.2) is 43.9 Å². The second-order valence-electron chi connectivity index (χ2n) is 2.52. The number of carbonyl (C=O) groups excluding carboxylic acids is 1. The van der Waals surface area contributed by atoms with Gasteiger partial charge in [0.05, 0.1) is 0 Å². The summed E-state index contributed by atoms with van der Waals surface area (Å²) in [7, 11) is -4.12. The van der Waals surface area contributed by atoms with E-state index >= 15 is 0 Å². The van der Waals surface area contributed by atoms with Gasteiger partial charge in [-0.2, -0.15) is 8.42 Å². The second-order valence-corrected chi connectivity index (χ2v) is 3.80. The molecule has 0 unspecified atom stereocenters. The Labute approximate surface area is 116 Å². The van der Waals surface area contributed by atoms with Gasteiger partial charge in [0.1, 0.15) is 5.75 Å². The number of benzene rings is 1. The van der Waals surface area contributed by atoms with E-state index in [-0.39, 0.29) is 35.3 Å². The van der Waals surface area contributed by atoms with Crippen LogP contribution in [0.5, 0.6) is 5.75 Å². The predicted molar refractivity (Wildman–Crippen MR) is 61.5 cm³/mol. The Balaban J connectivity index is 0.00000225. The van der Waals surface area contributed by atoms with Crippen LogP contribution in [0.4, 0.5) is 0 Å². The Morgan fingerprint density at radius 3 is 2.38 bits per heavy atom. The van der Waals surface area contributed by atoms with Crippen LogP contribution in [0.1, 0.15) is 0 Å². The minimum atomic E-state index is -4.12. The molecule has 0 aliphatic heterocycles. The van der Waals surface area contributed by atoms with E-state index in [0.29, 0.717) is 0 Å². The molecule has 16 heavy (non-hydrogen) atoms. The molecule has 0 aliphatic rings. The molecule has 0 bridgehead atoms. The molecule has 0 saturated heterocycles. The number of nitrogens with one attached hydrogen (secondary N) is 1. The summed E-state index contributed by atoms with van der Waals surface area (Å²) in [5.41, 5.74) is 0. The van der Waals surface area contributed by atoms with Crippen molar-refractivity contribution < 1.29 is 17.4 Å². The van der Waals surface area contributed by atoms with Crippen LogP contribution in [0, 0.1) is 0 Å². The fourth-order valence-corrected chi connectivity index (χ4v) is 1.52. The summed E-state index contributed by atoms with van der Waals surface area (Å²) in [5.74, 6) is -0.715. The van der Waals surface area contributed by atoms with Crippen LogP contribution in [-0.2, 0) is 15.1 Å². The minimum absolute atomic E-state index is 0. The third-order valence-corrected chi connectivity index (χ3v) is 2.22. The molecule has 1 N–H and O–H groups in total. The van der Waals surface area contributed by atoms with Crippen LogP contribution in [0.25, 0.3) is 0 Å². The van der Waals surface area contributed by atoms with Crippen LogP contribution in [0.3, 0.4) is 0 Å². The molecule has 0 radical (unpaired) electrons. The van der Waals surface area contributed by atoms with Crippen molar-refractivity contribution in [2.45, 2.75) is 0 Å². The summed E-state index contributed by atoms with van der Waals surface area (Å²) >= 11 is 0. The van der Waals surface area contributed by atoms with Gasteiger partial charge < -0.3 is 4.18 Å². The fraction of sp³-hybridized carbons (Fsp3) is 0. The van der Waals surface area contributed by atoms with E-state index < -0.39 is 16.2 Å². The molecule has 0 atom stereocenters. The average Bonchev–Trinajstić information content (AvgIpc) is 2.17. The van der Waals surface area contributed by atoms with Gasteiger partial charge in [-0.15, -0.1) is 0 Å². The summed E-state index contributed by atoms with van der Waals surface area (Å²) in [6.45, 7) is 3.12. The van der Waals surface area contributed by atoms with Crippen LogP contribution in [0.15, 0.2) is 43.0 Å². The maximum atomic E-state index is 11.2. The van der Waals surface area contributed by atoms with Crippen molar-refractivity contribution in [2.75, 3.05) is 0 Å². The predicted octanol–water partition coefficient (Wildman–Crippen LogP) is -0.0361. The zero-order valence-corrected chi connectivity index (χ0v) is 8.53. The van der Waals surface area contributed by atoms with Crippen molar-refractivity contribution in [1.82, 2.24) is 4.72 Å². The molecule has 0 heterocycles. The SMILES string of the molecule is C=CC(=O)NS(=O)(=O)Oc1ccccc1.[NaH]. The van der Waals surface area contributed by atoms with Gasteiger partial charge in [0.25, 0.3) is 5.91 Å². The molecule has 0 aromatic heterocycles. The Bertz CT molecular complexity index is 458. The molecular formula is C9H10NNaO4S. The summed E-state index contributed by atoms with van der Waals surface area (Å²) in [4.78, 5) is 10.7. The quantitative estimate of drug-likeness (QED) is 0.602. The van der Waals surface area contributed by atoms with Gasteiger partial charge in [-0.1, -0.05) is 24.8 Å². The Morgan fingerprint density at radius 1 is 1.31 bits per heavy atom. The van der Waals surface area contributed by atoms with E-state index in [0.717, 1.165) is 6.08 Å². The average molecular weight is 251 g/mol. The number of hydrogen-bond acceptors (Lipinski definition) is 4. The molecule has 7 heteroatoms. The molecule has 0 fully saturated rings. The summed E-state index contributed by atoms with van der Waals surface area (Å²) in [5, 5.41) is 0. The molecule has 1 rings (SSSR count). The number of rotatable bonds is 4. The van der Waals surface area contributed by atoms with Crippen molar-refractivity contribution in [3.05, 3.63) is 43.0 Å². The van der Waals surface area contributed by atoms with E-state index in [1.54, 1.807) is 22.9 Å². The summed E-state index contributed by atoms with van der Waals surface area (Å²) in [6, 6.07) is 7.84. The van der Waals surface area contributed by atoms with Gasteiger partial charge in [0.15, 0.2) is 0 Å². The van der Waals surface area contributed by atoms with Crippen LogP contribution in [0.2, 0.25) is 0 Å². The van der Waals surface area contributed by atoms with Crippen molar-refractivity contribution in [1.29, 1.82) is 0 Å². The van der Waals surface area contributed by atoms with Crippen molar-refractivity contribution in [2.24, 2.45) is 0 Å². The van der Waals surface area contributed by atoms with E-state index in [4.69, 9.17) is 0 Å². The van der Waals surface area contributed by atoms with Crippen molar-refractivity contribution in [3.63, 3.8) is 0 Å². The standard InChI is InChI=1S/C9H9NO4S.Na.H/c1-2-9(11)10-15(12,13)14-8-6-4-3-5-7-8;;/h2-7H,1H2,(H,10,11);;. The molecule has 0 spiro atoms. The Kier molecular flexibility index (Phi) is 6.35. The molecule has 0 aliphatic carbocycles. The Hall–Kier alpha value is -0.820. The Morgan fingerprint density at radius 2 is 1.88 bits per heavy atom. The second kappa shape index (κ2) is 6.70. The van der Waals surface area contributed by atoms with E-state index in [2.05, 4.69) is 10.8 Å². The first-order chi connectivity index (χ1) is 7.03. The summed E-state index contributed by atoms with van der Waals surface area (Å²) < 4.78 is 28.5. The number of hydrogen-bond donors (Lipinski definition) is 1. The van der Waals surface area contributed by atoms with E-state index in [1.807, 2.05) is 0 Å². The van der Waals surface area contributed by atoms with Gasteiger partial charge in [0, 0.05) is 0 Å². The van der Waals surface area contributed by atoms with Crippen LogP contribution >= 0.6 is 0 Å². The first-order valence-corrected chi connectivity index (χ1v) is 5.38. The molecule has 82 valence electrons.